The second-order valence-corrected chi connectivity index (χ2v) is 13.1. The third-order valence-corrected chi connectivity index (χ3v) is 9.98. The van der Waals surface area contributed by atoms with E-state index in [1.807, 2.05) is 6.92 Å². The molecule has 1 fully saturated rings. The van der Waals surface area contributed by atoms with Crippen LogP contribution in [0.25, 0.3) is 0 Å². The van der Waals surface area contributed by atoms with Gasteiger partial charge in [-0.15, -0.1) is 0 Å². The summed E-state index contributed by atoms with van der Waals surface area (Å²) in [4.78, 5) is 29.0. The SMILES string of the molecule is CCC(C(=O)NC1CCCC1)N(Cc1c(Cl)cccc1Cl)C(=O)CN(c1ccc(F)cc1)S(=O)(=O)c1ccc(C)cc1. The van der Waals surface area contributed by atoms with Crippen molar-refractivity contribution in [3.63, 3.8) is 0 Å². The molecule has 0 radical (unpaired) electrons. The van der Waals surface area contributed by atoms with Crippen LogP contribution in [0, 0.1) is 12.7 Å². The number of halogens is 3. The summed E-state index contributed by atoms with van der Waals surface area (Å²) in [5, 5.41) is 3.69. The van der Waals surface area contributed by atoms with Gasteiger partial charge in [0.1, 0.15) is 18.4 Å². The number of amides is 2. The molecule has 1 aliphatic rings. The van der Waals surface area contributed by atoms with Crippen molar-refractivity contribution < 1.29 is 22.4 Å². The van der Waals surface area contributed by atoms with Crippen molar-refractivity contribution in [2.75, 3.05) is 10.8 Å². The molecule has 1 N–H and O–H groups in total. The predicted molar refractivity (Wildman–Crippen MR) is 164 cm³/mol. The van der Waals surface area contributed by atoms with E-state index in [0.29, 0.717) is 15.6 Å². The van der Waals surface area contributed by atoms with Gasteiger partial charge in [0.05, 0.1) is 10.6 Å². The molecule has 0 aliphatic heterocycles. The Morgan fingerprint density at radius 2 is 1.57 bits per heavy atom. The van der Waals surface area contributed by atoms with E-state index in [-0.39, 0.29) is 35.5 Å². The van der Waals surface area contributed by atoms with Gasteiger partial charge < -0.3 is 10.2 Å². The molecule has 0 spiro atoms. The second kappa shape index (κ2) is 13.9. The molecule has 1 aliphatic carbocycles. The van der Waals surface area contributed by atoms with Crippen molar-refractivity contribution in [3.8, 4) is 0 Å². The quantitative estimate of drug-likeness (QED) is 0.261. The zero-order valence-corrected chi connectivity index (χ0v) is 25.9. The number of hydrogen-bond donors (Lipinski definition) is 1. The molecule has 0 aromatic heterocycles. The zero-order valence-electron chi connectivity index (χ0n) is 23.5. The first-order valence-electron chi connectivity index (χ1n) is 13.9. The molecule has 1 saturated carbocycles. The topological polar surface area (TPSA) is 86.8 Å². The molecule has 11 heteroatoms. The molecular weight excluding hydrogens is 600 g/mol. The van der Waals surface area contributed by atoms with Crippen LogP contribution >= 0.6 is 23.2 Å². The van der Waals surface area contributed by atoms with E-state index in [2.05, 4.69) is 5.32 Å². The molecule has 42 heavy (non-hydrogen) atoms. The van der Waals surface area contributed by atoms with E-state index in [0.717, 1.165) is 47.7 Å². The van der Waals surface area contributed by atoms with Gasteiger partial charge in [0.15, 0.2) is 0 Å². The summed E-state index contributed by atoms with van der Waals surface area (Å²) in [5.74, 6) is -1.52. The summed E-state index contributed by atoms with van der Waals surface area (Å²) in [5.41, 5.74) is 1.40. The minimum absolute atomic E-state index is 0.0185. The van der Waals surface area contributed by atoms with Crippen LogP contribution in [0.3, 0.4) is 0 Å². The maximum absolute atomic E-state index is 14.2. The van der Waals surface area contributed by atoms with E-state index in [1.165, 1.54) is 29.2 Å². The van der Waals surface area contributed by atoms with Crippen molar-refractivity contribution in [3.05, 3.63) is 93.7 Å². The van der Waals surface area contributed by atoms with Crippen LogP contribution in [0.4, 0.5) is 10.1 Å². The molecule has 4 rings (SSSR count). The molecule has 0 saturated heterocycles. The number of anilines is 1. The maximum Gasteiger partial charge on any atom is 0.264 e. The minimum atomic E-state index is -4.26. The third-order valence-electron chi connectivity index (χ3n) is 7.48. The van der Waals surface area contributed by atoms with Crippen molar-refractivity contribution in [2.24, 2.45) is 0 Å². The minimum Gasteiger partial charge on any atom is -0.352 e. The Bertz CT molecular complexity index is 1490. The largest absolute Gasteiger partial charge is 0.352 e. The van der Waals surface area contributed by atoms with Gasteiger partial charge in [-0.1, -0.05) is 66.7 Å². The Morgan fingerprint density at radius 3 is 2.14 bits per heavy atom. The van der Waals surface area contributed by atoms with E-state index in [4.69, 9.17) is 23.2 Å². The number of hydrogen-bond acceptors (Lipinski definition) is 4. The molecule has 3 aromatic rings. The highest BCUT2D eigenvalue weighted by Crippen LogP contribution is 2.29. The average Bonchev–Trinajstić information content (AvgIpc) is 3.47. The van der Waals surface area contributed by atoms with E-state index in [1.54, 1.807) is 37.3 Å². The third kappa shape index (κ3) is 7.43. The second-order valence-electron chi connectivity index (χ2n) is 10.4. The number of carbonyl (C=O) groups is 2. The molecule has 7 nitrogen and oxygen atoms in total. The van der Waals surface area contributed by atoms with E-state index in [9.17, 15) is 22.4 Å². The lowest BCUT2D eigenvalue weighted by molar-refractivity contribution is -0.140. The van der Waals surface area contributed by atoms with Gasteiger partial charge in [0.25, 0.3) is 10.0 Å². The molecule has 0 heterocycles. The van der Waals surface area contributed by atoms with Crippen LogP contribution in [0.1, 0.15) is 50.2 Å². The van der Waals surface area contributed by atoms with Gasteiger partial charge in [-0.25, -0.2) is 12.8 Å². The Kier molecular flexibility index (Phi) is 10.5. The van der Waals surface area contributed by atoms with E-state index < -0.39 is 34.3 Å². The Labute approximate surface area is 256 Å². The highest BCUT2D eigenvalue weighted by atomic mass is 35.5. The lowest BCUT2D eigenvalue weighted by Crippen LogP contribution is -2.53. The molecule has 224 valence electrons. The van der Waals surface area contributed by atoms with E-state index >= 15 is 0 Å². The first-order chi connectivity index (χ1) is 20.0. The zero-order chi connectivity index (χ0) is 30.4. The van der Waals surface area contributed by atoms with Crippen LogP contribution in [0.15, 0.2) is 71.6 Å². The Morgan fingerprint density at radius 1 is 0.976 bits per heavy atom. The first kappa shape index (κ1) is 31.8. The van der Waals surface area contributed by atoms with Gasteiger partial charge in [-0.05, 0) is 74.7 Å². The molecule has 2 amide bonds. The molecule has 3 aromatic carbocycles. The van der Waals surface area contributed by atoms with Gasteiger partial charge in [0.2, 0.25) is 11.8 Å². The monoisotopic (exact) mass is 633 g/mol. The molecular formula is C31H34Cl2FN3O4S. The van der Waals surface area contributed by atoms with Crippen molar-refractivity contribution in [2.45, 2.75) is 69.5 Å². The highest BCUT2D eigenvalue weighted by molar-refractivity contribution is 7.92. The number of benzene rings is 3. The predicted octanol–water partition coefficient (Wildman–Crippen LogP) is 6.50. The number of rotatable bonds is 11. The van der Waals surface area contributed by atoms with Gasteiger partial charge in [-0.3, -0.25) is 13.9 Å². The summed E-state index contributed by atoms with van der Waals surface area (Å²) in [7, 11) is -4.26. The summed E-state index contributed by atoms with van der Waals surface area (Å²) >= 11 is 12.9. The number of aryl methyl sites for hydroxylation is 1. The number of nitrogens with one attached hydrogen (secondary N) is 1. The van der Waals surface area contributed by atoms with Crippen LogP contribution in [0.2, 0.25) is 10.0 Å². The molecule has 0 bridgehead atoms. The number of sulfonamides is 1. The number of nitrogens with zero attached hydrogens (tertiary/aromatic N) is 2. The number of carbonyl (C=O) groups excluding carboxylic acids is 2. The fourth-order valence-electron chi connectivity index (χ4n) is 5.11. The Balaban J connectivity index is 1.74. The average molecular weight is 635 g/mol. The van der Waals surface area contributed by atoms with Crippen molar-refractivity contribution in [1.29, 1.82) is 0 Å². The fraction of sp³-hybridized carbons (Fsp3) is 0.355. The molecule has 1 atom stereocenters. The summed E-state index contributed by atoms with van der Waals surface area (Å²) in [6.07, 6.45) is 4.03. The summed E-state index contributed by atoms with van der Waals surface area (Å²) in [6.45, 7) is 2.86. The standard InChI is InChI=1S/C31H34Cl2FN3O4S/c1-3-29(31(39)35-23-7-4-5-8-23)36(19-26-27(32)9-6-10-28(26)33)30(38)20-37(24-15-13-22(34)14-16-24)42(40,41)25-17-11-21(2)12-18-25/h6,9-18,23,29H,3-5,7-8,19-20H2,1-2H3,(H,35,39). The van der Waals surface area contributed by atoms with Gasteiger partial charge >= 0.3 is 0 Å². The van der Waals surface area contributed by atoms with Crippen LogP contribution in [-0.4, -0.2) is 43.8 Å². The van der Waals surface area contributed by atoms with Crippen LogP contribution in [-0.2, 0) is 26.2 Å². The highest BCUT2D eigenvalue weighted by Gasteiger charge is 2.35. The normalized spacial score (nSPS) is 14.4. The fourth-order valence-corrected chi connectivity index (χ4v) is 7.05. The smallest absolute Gasteiger partial charge is 0.264 e. The van der Waals surface area contributed by atoms with Crippen LogP contribution in [0.5, 0.6) is 0 Å². The first-order valence-corrected chi connectivity index (χ1v) is 16.1. The lowest BCUT2D eigenvalue weighted by Gasteiger charge is -2.34. The van der Waals surface area contributed by atoms with Crippen LogP contribution < -0.4 is 9.62 Å². The lowest BCUT2D eigenvalue weighted by atomic mass is 10.1. The van der Waals surface area contributed by atoms with Gasteiger partial charge in [0, 0.05) is 28.2 Å². The van der Waals surface area contributed by atoms with Crippen molar-refractivity contribution in [1.82, 2.24) is 10.2 Å². The van der Waals surface area contributed by atoms with Crippen molar-refractivity contribution >= 4 is 50.7 Å². The van der Waals surface area contributed by atoms with Gasteiger partial charge in [-0.2, -0.15) is 0 Å². The molecule has 1 unspecified atom stereocenters. The summed E-state index contributed by atoms with van der Waals surface area (Å²) < 4.78 is 42.5. The summed E-state index contributed by atoms with van der Waals surface area (Å²) in [6, 6.07) is 15.1. The Hall–Kier alpha value is -3.14. The maximum atomic E-state index is 14.2.